The maximum Gasteiger partial charge on any atom is 0.344 e. The first-order chi connectivity index (χ1) is 16.1. The second kappa shape index (κ2) is 10.0. The number of methoxy groups -OCH3 is 1. The largest absolute Gasteiger partial charge is 0.497 e. The third-order valence-corrected chi connectivity index (χ3v) is 5.19. The standard InChI is InChI=1S/C26H23NO6/c1-31-21-11-12-24-19(13-21)14-22(26(30)33-24)17-7-9-20(10-8-17)32-16-25(29)27-23(15-28)18-5-3-2-4-6-18/h2-14,23,28H,15-16H2,1H3,(H,27,29)/t23-/m0/s1. The van der Waals surface area contributed by atoms with E-state index in [1.165, 1.54) is 0 Å². The predicted octanol–water partition coefficient (Wildman–Crippen LogP) is 3.70. The van der Waals surface area contributed by atoms with Gasteiger partial charge in [-0.1, -0.05) is 42.5 Å². The molecule has 7 nitrogen and oxygen atoms in total. The Kier molecular flexibility index (Phi) is 6.71. The molecule has 0 saturated heterocycles. The summed E-state index contributed by atoms with van der Waals surface area (Å²) in [5, 5.41) is 13.1. The van der Waals surface area contributed by atoms with Gasteiger partial charge < -0.3 is 24.3 Å². The van der Waals surface area contributed by atoms with Crippen molar-refractivity contribution in [2.45, 2.75) is 6.04 Å². The van der Waals surface area contributed by atoms with Crippen LogP contribution in [0.5, 0.6) is 11.5 Å². The van der Waals surface area contributed by atoms with Crippen molar-refractivity contribution in [1.29, 1.82) is 0 Å². The minimum atomic E-state index is -0.504. The average molecular weight is 445 g/mol. The van der Waals surface area contributed by atoms with Crippen LogP contribution in [0.4, 0.5) is 0 Å². The first-order valence-electron chi connectivity index (χ1n) is 10.4. The van der Waals surface area contributed by atoms with Crippen molar-refractivity contribution < 1.29 is 23.8 Å². The quantitative estimate of drug-likeness (QED) is 0.402. The highest BCUT2D eigenvalue weighted by Gasteiger charge is 2.14. The van der Waals surface area contributed by atoms with E-state index >= 15 is 0 Å². The van der Waals surface area contributed by atoms with Gasteiger partial charge in [0, 0.05) is 5.39 Å². The Labute approximate surface area is 190 Å². The number of hydrogen-bond acceptors (Lipinski definition) is 6. The maximum atomic E-state index is 12.4. The molecule has 1 atom stereocenters. The zero-order valence-corrected chi connectivity index (χ0v) is 18.0. The molecule has 0 radical (unpaired) electrons. The number of aliphatic hydroxyl groups excluding tert-OH is 1. The van der Waals surface area contributed by atoms with Gasteiger partial charge in [-0.2, -0.15) is 0 Å². The van der Waals surface area contributed by atoms with E-state index < -0.39 is 11.7 Å². The molecule has 0 unspecified atom stereocenters. The Balaban J connectivity index is 1.43. The van der Waals surface area contributed by atoms with Gasteiger partial charge in [0.2, 0.25) is 0 Å². The lowest BCUT2D eigenvalue weighted by atomic mass is 10.1. The van der Waals surface area contributed by atoms with Crippen molar-refractivity contribution in [1.82, 2.24) is 5.32 Å². The van der Waals surface area contributed by atoms with Gasteiger partial charge in [0.1, 0.15) is 17.1 Å². The van der Waals surface area contributed by atoms with Crippen molar-refractivity contribution in [3.63, 3.8) is 0 Å². The Hall–Kier alpha value is -4.10. The maximum absolute atomic E-state index is 12.4. The highest BCUT2D eigenvalue weighted by molar-refractivity contribution is 5.83. The first-order valence-corrected chi connectivity index (χ1v) is 10.4. The van der Waals surface area contributed by atoms with Crippen molar-refractivity contribution in [2.24, 2.45) is 0 Å². The third kappa shape index (κ3) is 5.22. The molecule has 0 aliphatic carbocycles. The molecule has 2 N–H and O–H groups in total. The lowest BCUT2D eigenvalue weighted by Crippen LogP contribution is -2.34. The molecular weight excluding hydrogens is 422 g/mol. The lowest BCUT2D eigenvalue weighted by Gasteiger charge is -2.17. The number of benzene rings is 3. The van der Waals surface area contributed by atoms with Crippen molar-refractivity contribution in [3.05, 3.63) is 94.8 Å². The zero-order valence-electron chi connectivity index (χ0n) is 18.0. The molecule has 0 aliphatic rings. The summed E-state index contributed by atoms with van der Waals surface area (Å²) in [4.78, 5) is 24.7. The summed E-state index contributed by atoms with van der Waals surface area (Å²) in [6.45, 7) is -0.425. The summed E-state index contributed by atoms with van der Waals surface area (Å²) in [5.41, 5.74) is 1.91. The Morgan fingerprint density at radius 2 is 1.73 bits per heavy atom. The molecule has 4 rings (SSSR count). The molecule has 0 spiro atoms. The number of amides is 1. The van der Waals surface area contributed by atoms with Crippen LogP contribution >= 0.6 is 0 Å². The fraction of sp³-hybridized carbons (Fsp3) is 0.154. The monoisotopic (exact) mass is 445 g/mol. The summed E-state index contributed by atoms with van der Waals surface area (Å²) in [6.07, 6.45) is 0. The van der Waals surface area contributed by atoms with E-state index in [-0.39, 0.29) is 19.1 Å². The molecule has 4 aromatic rings. The van der Waals surface area contributed by atoms with Crippen LogP contribution in [0.1, 0.15) is 11.6 Å². The van der Waals surface area contributed by atoms with Gasteiger partial charge in [-0.25, -0.2) is 4.79 Å². The van der Waals surface area contributed by atoms with Crippen LogP contribution in [0.15, 0.2) is 88.1 Å². The lowest BCUT2D eigenvalue weighted by molar-refractivity contribution is -0.124. The van der Waals surface area contributed by atoms with E-state index in [2.05, 4.69) is 5.32 Å². The van der Waals surface area contributed by atoms with E-state index in [1.807, 2.05) is 30.3 Å². The molecule has 0 fully saturated rings. The third-order valence-electron chi connectivity index (χ3n) is 5.19. The van der Waals surface area contributed by atoms with Crippen molar-refractivity contribution in [2.75, 3.05) is 20.3 Å². The number of carbonyl (C=O) groups is 1. The van der Waals surface area contributed by atoms with Gasteiger partial charge >= 0.3 is 5.63 Å². The molecule has 33 heavy (non-hydrogen) atoms. The number of ether oxygens (including phenoxy) is 2. The van der Waals surface area contributed by atoms with Crippen molar-refractivity contribution in [3.8, 4) is 22.6 Å². The van der Waals surface area contributed by atoms with Gasteiger partial charge in [0.05, 0.1) is 25.3 Å². The normalized spacial score (nSPS) is 11.7. The zero-order chi connectivity index (χ0) is 23.2. The number of hydrogen-bond donors (Lipinski definition) is 2. The number of fused-ring (bicyclic) bond motifs is 1. The summed E-state index contributed by atoms with van der Waals surface area (Å²) in [7, 11) is 1.58. The van der Waals surface area contributed by atoms with Crippen LogP contribution in [0.3, 0.4) is 0 Å². The summed E-state index contributed by atoms with van der Waals surface area (Å²) in [5.74, 6) is 0.784. The highest BCUT2D eigenvalue weighted by atomic mass is 16.5. The Morgan fingerprint density at radius 1 is 1.00 bits per heavy atom. The number of rotatable bonds is 8. The van der Waals surface area contributed by atoms with Gasteiger partial charge in [-0.3, -0.25) is 4.79 Å². The predicted molar refractivity (Wildman–Crippen MR) is 124 cm³/mol. The SMILES string of the molecule is COc1ccc2oc(=O)c(-c3ccc(OCC(=O)N[C@@H](CO)c4ccccc4)cc3)cc2c1. The molecule has 0 saturated carbocycles. The number of carbonyl (C=O) groups excluding carboxylic acids is 1. The molecule has 0 bridgehead atoms. The molecular formula is C26H23NO6. The first kappa shape index (κ1) is 22.1. The van der Waals surface area contributed by atoms with Crippen LogP contribution in [0, 0.1) is 0 Å². The summed E-state index contributed by atoms with van der Waals surface area (Å²) in [6, 6.07) is 22.5. The van der Waals surface area contributed by atoms with Crippen LogP contribution in [-0.4, -0.2) is 31.3 Å². The topological polar surface area (TPSA) is 98.0 Å². The van der Waals surface area contributed by atoms with Crippen LogP contribution in [-0.2, 0) is 4.79 Å². The minimum absolute atomic E-state index is 0.208. The Bertz CT molecular complexity index is 1300. The molecule has 168 valence electrons. The molecule has 7 heteroatoms. The summed E-state index contributed by atoms with van der Waals surface area (Å²) >= 11 is 0. The summed E-state index contributed by atoms with van der Waals surface area (Å²) < 4.78 is 16.2. The molecule has 3 aromatic carbocycles. The van der Waals surface area contributed by atoms with E-state index in [4.69, 9.17) is 13.9 Å². The Morgan fingerprint density at radius 3 is 2.42 bits per heavy atom. The number of nitrogens with one attached hydrogen (secondary N) is 1. The van der Waals surface area contributed by atoms with Crippen LogP contribution in [0.25, 0.3) is 22.1 Å². The highest BCUT2D eigenvalue weighted by Crippen LogP contribution is 2.25. The van der Waals surface area contributed by atoms with Gasteiger partial charge in [0.25, 0.3) is 5.91 Å². The van der Waals surface area contributed by atoms with Gasteiger partial charge in [0.15, 0.2) is 6.61 Å². The second-order valence-electron chi connectivity index (χ2n) is 7.38. The van der Waals surface area contributed by atoms with E-state index in [1.54, 1.807) is 55.6 Å². The van der Waals surface area contributed by atoms with Crippen LogP contribution in [0.2, 0.25) is 0 Å². The number of aliphatic hydroxyl groups is 1. The van der Waals surface area contributed by atoms with Crippen LogP contribution < -0.4 is 20.4 Å². The van der Waals surface area contributed by atoms with Crippen molar-refractivity contribution >= 4 is 16.9 Å². The molecule has 0 aliphatic heterocycles. The smallest absolute Gasteiger partial charge is 0.344 e. The van der Waals surface area contributed by atoms with Gasteiger partial charge in [-0.05, 0) is 47.5 Å². The second-order valence-corrected chi connectivity index (χ2v) is 7.38. The fourth-order valence-corrected chi connectivity index (χ4v) is 3.47. The van der Waals surface area contributed by atoms with Gasteiger partial charge in [-0.15, -0.1) is 0 Å². The molecule has 1 amide bonds. The molecule has 1 aromatic heterocycles. The van der Waals surface area contributed by atoms with E-state index in [0.29, 0.717) is 28.2 Å². The van der Waals surface area contributed by atoms with E-state index in [0.717, 1.165) is 10.9 Å². The van der Waals surface area contributed by atoms with E-state index in [9.17, 15) is 14.7 Å². The minimum Gasteiger partial charge on any atom is -0.497 e. The molecule has 1 heterocycles. The average Bonchev–Trinajstić information content (AvgIpc) is 2.86. The fourth-order valence-electron chi connectivity index (χ4n) is 3.47.